The third kappa shape index (κ3) is 3.78. The normalized spacial score (nSPS) is 15.6. The Kier molecular flexibility index (Phi) is 4.73. The molecule has 1 aliphatic heterocycles. The number of nitrogens with zero attached hydrogens (tertiary/aromatic N) is 4. The van der Waals surface area contributed by atoms with Crippen molar-refractivity contribution in [3.8, 4) is 0 Å². The first-order valence-corrected chi connectivity index (χ1v) is 7.82. The van der Waals surface area contributed by atoms with Gasteiger partial charge in [0.1, 0.15) is 5.82 Å². The highest BCUT2D eigenvalue weighted by atomic mass is 35.5. The summed E-state index contributed by atoms with van der Waals surface area (Å²) >= 11 is 5.98. The molecule has 0 atom stereocenters. The van der Waals surface area contributed by atoms with Crippen LogP contribution >= 0.6 is 11.6 Å². The van der Waals surface area contributed by atoms with E-state index >= 15 is 0 Å². The average molecular weight is 333 g/mol. The van der Waals surface area contributed by atoms with Crippen molar-refractivity contribution in [2.45, 2.75) is 6.54 Å². The molecule has 0 spiro atoms. The summed E-state index contributed by atoms with van der Waals surface area (Å²) in [6.45, 7) is 3.91. The molecule has 0 amide bonds. The maximum absolute atomic E-state index is 11.1. The minimum atomic E-state index is -0.351. The van der Waals surface area contributed by atoms with Crippen molar-refractivity contribution in [3.63, 3.8) is 0 Å². The molecule has 0 saturated carbocycles. The number of aromatic nitrogens is 1. The van der Waals surface area contributed by atoms with Crippen LogP contribution in [-0.4, -0.2) is 41.0 Å². The summed E-state index contributed by atoms with van der Waals surface area (Å²) < 4.78 is 0. The fourth-order valence-corrected chi connectivity index (χ4v) is 2.97. The van der Waals surface area contributed by atoms with Gasteiger partial charge in [0.2, 0.25) is 0 Å². The summed E-state index contributed by atoms with van der Waals surface area (Å²) in [6.07, 6.45) is 1.79. The van der Waals surface area contributed by atoms with E-state index in [0.717, 1.165) is 32.0 Å². The largest absolute Gasteiger partial charge is 0.354 e. The van der Waals surface area contributed by atoms with Crippen molar-refractivity contribution >= 4 is 23.1 Å². The lowest BCUT2D eigenvalue weighted by atomic mass is 10.1. The molecule has 7 heteroatoms. The molecular weight excluding hydrogens is 316 g/mol. The molecule has 6 nitrogen and oxygen atoms in total. The van der Waals surface area contributed by atoms with E-state index in [1.807, 2.05) is 18.2 Å². The lowest BCUT2D eigenvalue weighted by molar-refractivity contribution is -0.385. The Morgan fingerprint density at radius 2 is 1.96 bits per heavy atom. The van der Waals surface area contributed by atoms with Crippen LogP contribution in [0.2, 0.25) is 5.02 Å². The van der Waals surface area contributed by atoms with Crippen LogP contribution in [0, 0.1) is 10.1 Å². The highest BCUT2D eigenvalue weighted by Crippen LogP contribution is 2.25. The number of nitro groups is 1. The summed E-state index contributed by atoms with van der Waals surface area (Å²) in [4.78, 5) is 19.6. The highest BCUT2D eigenvalue weighted by Gasteiger charge is 2.21. The monoisotopic (exact) mass is 332 g/mol. The lowest BCUT2D eigenvalue weighted by Gasteiger charge is -2.35. The summed E-state index contributed by atoms with van der Waals surface area (Å²) in [5, 5.41) is 11.7. The Hall–Kier alpha value is -2.18. The first-order valence-electron chi connectivity index (χ1n) is 7.44. The number of hydrogen-bond donors (Lipinski definition) is 0. The second-order valence-corrected chi connectivity index (χ2v) is 5.92. The number of anilines is 1. The number of nitro benzene ring substituents is 1. The fourth-order valence-electron chi connectivity index (χ4n) is 2.78. The third-order valence-electron chi connectivity index (χ3n) is 3.98. The smallest absolute Gasteiger partial charge is 0.273 e. The van der Waals surface area contributed by atoms with Gasteiger partial charge < -0.3 is 4.90 Å². The number of benzene rings is 1. The van der Waals surface area contributed by atoms with E-state index in [0.29, 0.717) is 17.1 Å². The summed E-state index contributed by atoms with van der Waals surface area (Å²) in [5.41, 5.74) is 0.787. The Bertz CT molecular complexity index is 688. The molecule has 1 saturated heterocycles. The first kappa shape index (κ1) is 15.7. The Morgan fingerprint density at radius 1 is 1.17 bits per heavy atom. The molecule has 0 bridgehead atoms. The number of pyridine rings is 1. The van der Waals surface area contributed by atoms with Crippen LogP contribution in [0.5, 0.6) is 0 Å². The van der Waals surface area contributed by atoms with E-state index < -0.39 is 0 Å². The van der Waals surface area contributed by atoms with Crippen LogP contribution in [0.25, 0.3) is 0 Å². The van der Waals surface area contributed by atoms with Gasteiger partial charge in [-0.15, -0.1) is 0 Å². The standard InChI is InChI=1S/C16H17ClN4O2/c17-14-4-5-15(21(22)23)13(11-14)12-19-7-9-20(10-8-19)16-3-1-2-6-18-16/h1-6,11H,7-10,12H2. The van der Waals surface area contributed by atoms with Crippen LogP contribution in [0.1, 0.15) is 5.56 Å². The van der Waals surface area contributed by atoms with Crippen LogP contribution in [-0.2, 0) is 6.54 Å². The molecule has 2 aromatic rings. The molecule has 0 N–H and O–H groups in total. The minimum absolute atomic E-state index is 0.126. The van der Waals surface area contributed by atoms with Gasteiger partial charge in [-0.2, -0.15) is 0 Å². The zero-order valence-electron chi connectivity index (χ0n) is 12.6. The quantitative estimate of drug-likeness (QED) is 0.636. The molecule has 1 aromatic carbocycles. The molecule has 120 valence electrons. The molecule has 1 fully saturated rings. The number of halogens is 1. The number of piperazine rings is 1. The van der Waals surface area contributed by atoms with Gasteiger partial charge in [-0.1, -0.05) is 17.7 Å². The molecule has 23 heavy (non-hydrogen) atoms. The van der Waals surface area contributed by atoms with Crippen LogP contribution in [0.15, 0.2) is 42.6 Å². The third-order valence-corrected chi connectivity index (χ3v) is 4.21. The summed E-state index contributed by atoms with van der Waals surface area (Å²) in [7, 11) is 0. The van der Waals surface area contributed by atoms with Crippen LogP contribution in [0.4, 0.5) is 11.5 Å². The van der Waals surface area contributed by atoms with Crippen molar-refractivity contribution in [3.05, 3.63) is 63.3 Å². The van der Waals surface area contributed by atoms with Gasteiger partial charge in [0.15, 0.2) is 0 Å². The summed E-state index contributed by atoms with van der Waals surface area (Å²) in [5.74, 6) is 0.973. The Labute approximate surface area is 139 Å². The van der Waals surface area contributed by atoms with E-state index in [9.17, 15) is 10.1 Å². The Morgan fingerprint density at radius 3 is 2.61 bits per heavy atom. The van der Waals surface area contributed by atoms with E-state index in [1.54, 1.807) is 18.3 Å². The number of hydrogen-bond acceptors (Lipinski definition) is 5. The molecule has 0 aliphatic carbocycles. The lowest BCUT2D eigenvalue weighted by Crippen LogP contribution is -2.46. The van der Waals surface area contributed by atoms with Crippen molar-refractivity contribution in [2.75, 3.05) is 31.1 Å². The summed E-state index contributed by atoms with van der Waals surface area (Å²) in [6, 6.07) is 10.6. The average Bonchev–Trinajstić information content (AvgIpc) is 2.56. The van der Waals surface area contributed by atoms with Crippen molar-refractivity contribution in [1.29, 1.82) is 0 Å². The molecule has 1 aliphatic rings. The van der Waals surface area contributed by atoms with Gasteiger partial charge in [-0.3, -0.25) is 15.0 Å². The molecule has 0 radical (unpaired) electrons. The maximum atomic E-state index is 11.1. The molecule has 3 rings (SSSR count). The van der Waals surface area contributed by atoms with Crippen LogP contribution < -0.4 is 4.90 Å². The molecule has 2 heterocycles. The minimum Gasteiger partial charge on any atom is -0.354 e. The highest BCUT2D eigenvalue weighted by molar-refractivity contribution is 6.30. The van der Waals surface area contributed by atoms with Gasteiger partial charge in [-0.05, 0) is 24.3 Å². The SMILES string of the molecule is O=[N+]([O-])c1ccc(Cl)cc1CN1CCN(c2ccccn2)CC1. The fraction of sp³-hybridized carbons (Fsp3) is 0.312. The van der Waals surface area contributed by atoms with E-state index in [2.05, 4.69) is 14.8 Å². The maximum Gasteiger partial charge on any atom is 0.273 e. The van der Waals surface area contributed by atoms with Crippen molar-refractivity contribution < 1.29 is 4.92 Å². The second-order valence-electron chi connectivity index (χ2n) is 5.48. The molecule has 1 aromatic heterocycles. The van der Waals surface area contributed by atoms with Gasteiger partial charge >= 0.3 is 0 Å². The number of rotatable bonds is 4. The van der Waals surface area contributed by atoms with Crippen molar-refractivity contribution in [1.82, 2.24) is 9.88 Å². The van der Waals surface area contributed by atoms with Crippen LogP contribution in [0.3, 0.4) is 0 Å². The molecular formula is C16H17ClN4O2. The zero-order chi connectivity index (χ0) is 16.2. The van der Waals surface area contributed by atoms with E-state index in [-0.39, 0.29) is 10.6 Å². The van der Waals surface area contributed by atoms with Gasteiger partial charge in [0.25, 0.3) is 5.69 Å². The van der Waals surface area contributed by atoms with E-state index in [1.165, 1.54) is 6.07 Å². The van der Waals surface area contributed by atoms with Gasteiger partial charge in [0, 0.05) is 55.6 Å². The van der Waals surface area contributed by atoms with Gasteiger partial charge in [-0.25, -0.2) is 4.98 Å². The predicted molar refractivity (Wildman–Crippen MR) is 89.8 cm³/mol. The van der Waals surface area contributed by atoms with E-state index in [4.69, 9.17) is 11.6 Å². The topological polar surface area (TPSA) is 62.5 Å². The second kappa shape index (κ2) is 6.93. The molecule has 0 unspecified atom stereocenters. The van der Waals surface area contributed by atoms with Gasteiger partial charge in [0.05, 0.1) is 4.92 Å². The van der Waals surface area contributed by atoms with Crippen molar-refractivity contribution in [2.24, 2.45) is 0 Å². The Balaban J connectivity index is 1.65. The first-order chi connectivity index (χ1) is 11.1. The predicted octanol–water partition coefficient (Wildman–Crippen LogP) is 2.97. The zero-order valence-corrected chi connectivity index (χ0v) is 13.3.